The molecule has 3 aromatic rings. The van der Waals surface area contributed by atoms with Gasteiger partial charge in [0, 0.05) is 30.8 Å². The lowest BCUT2D eigenvalue weighted by atomic mass is 9.98. The number of carbonyl (C=O) groups excluding carboxylic acids is 2. The van der Waals surface area contributed by atoms with Crippen molar-refractivity contribution in [3.05, 3.63) is 69.9 Å². The van der Waals surface area contributed by atoms with Crippen LogP contribution in [0.3, 0.4) is 0 Å². The monoisotopic (exact) mass is 461 g/mol. The van der Waals surface area contributed by atoms with E-state index in [0.717, 1.165) is 17.4 Å². The van der Waals surface area contributed by atoms with Gasteiger partial charge in [-0.25, -0.2) is 18.0 Å². The predicted octanol–water partition coefficient (Wildman–Crippen LogP) is 4.62. The van der Waals surface area contributed by atoms with E-state index in [0.29, 0.717) is 42.7 Å². The van der Waals surface area contributed by atoms with Crippen LogP contribution in [0.2, 0.25) is 0 Å². The number of nitrogens with zero attached hydrogens (tertiary/aromatic N) is 3. The summed E-state index contributed by atoms with van der Waals surface area (Å²) in [7, 11) is 0. The van der Waals surface area contributed by atoms with Crippen molar-refractivity contribution in [3.8, 4) is 0 Å². The normalized spacial score (nSPS) is 14.3. The second kappa shape index (κ2) is 9.35. The summed E-state index contributed by atoms with van der Waals surface area (Å²) in [4.78, 5) is 26.3. The molecule has 1 saturated heterocycles. The van der Waals surface area contributed by atoms with Crippen molar-refractivity contribution in [2.24, 2.45) is 0 Å². The molecule has 1 aliphatic heterocycles. The van der Waals surface area contributed by atoms with Crippen LogP contribution in [0.5, 0.6) is 0 Å². The summed E-state index contributed by atoms with van der Waals surface area (Å²) in [5.74, 6) is -2.47. The first-order valence-corrected chi connectivity index (χ1v) is 10.6. The molecule has 2 N–H and O–H groups in total. The highest BCUT2D eigenvalue weighted by Crippen LogP contribution is 2.31. The van der Waals surface area contributed by atoms with Gasteiger partial charge in [0.05, 0.1) is 5.69 Å². The maximum absolute atomic E-state index is 13.7. The van der Waals surface area contributed by atoms with Crippen LogP contribution >= 0.6 is 11.3 Å². The Morgan fingerprint density at radius 1 is 0.969 bits per heavy atom. The Labute approximate surface area is 185 Å². The number of urea groups is 1. The van der Waals surface area contributed by atoms with Crippen molar-refractivity contribution < 1.29 is 22.8 Å². The molecule has 1 aliphatic rings. The fraction of sp³-hybridized carbons (Fsp3) is 0.238. The van der Waals surface area contributed by atoms with E-state index < -0.39 is 29.4 Å². The van der Waals surface area contributed by atoms with Crippen LogP contribution in [0.4, 0.5) is 29.3 Å². The minimum absolute atomic E-state index is 0.0230. The van der Waals surface area contributed by atoms with Crippen LogP contribution in [0, 0.1) is 17.5 Å². The number of anilines is 2. The summed E-state index contributed by atoms with van der Waals surface area (Å²) in [6.07, 6.45) is 1.19. The Morgan fingerprint density at radius 2 is 1.72 bits per heavy atom. The molecule has 0 saturated carbocycles. The van der Waals surface area contributed by atoms with Gasteiger partial charge in [-0.05, 0) is 43.2 Å². The molecule has 0 spiro atoms. The zero-order chi connectivity index (χ0) is 22.7. The van der Waals surface area contributed by atoms with E-state index in [1.54, 1.807) is 6.07 Å². The van der Waals surface area contributed by atoms with Crippen molar-refractivity contribution in [2.75, 3.05) is 23.7 Å². The number of carbonyl (C=O) groups is 2. The van der Waals surface area contributed by atoms with Crippen LogP contribution in [0.25, 0.3) is 0 Å². The number of hydrogen-bond acceptors (Lipinski definition) is 5. The van der Waals surface area contributed by atoms with Crippen molar-refractivity contribution in [1.29, 1.82) is 0 Å². The van der Waals surface area contributed by atoms with Gasteiger partial charge < -0.3 is 15.5 Å². The molecular formula is C21H18F3N5O2S. The zero-order valence-electron chi connectivity index (χ0n) is 16.6. The SMILES string of the molecule is O=C(Nc1cccc(F)c1)c1nnc(C2CCN(C(=O)Nc3ccc(F)cc3F)CC2)s1. The van der Waals surface area contributed by atoms with E-state index in [2.05, 4.69) is 20.8 Å². The molecule has 0 bridgehead atoms. The summed E-state index contributed by atoms with van der Waals surface area (Å²) >= 11 is 1.15. The third kappa shape index (κ3) is 5.05. The number of halogens is 3. The molecule has 0 radical (unpaired) electrons. The Kier molecular flexibility index (Phi) is 6.35. The largest absolute Gasteiger partial charge is 0.324 e. The highest BCUT2D eigenvalue weighted by atomic mass is 32.1. The Hall–Kier alpha value is -3.47. The van der Waals surface area contributed by atoms with Gasteiger partial charge in [-0.15, -0.1) is 10.2 Å². The topological polar surface area (TPSA) is 87.2 Å². The van der Waals surface area contributed by atoms with E-state index in [-0.39, 0.29) is 16.6 Å². The molecule has 3 amide bonds. The Morgan fingerprint density at radius 3 is 2.44 bits per heavy atom. The van der Waals surface area contributed by atoms with Crippen LogP contribution in [0.15, 0.2) is 42.5 Å². The van der Waals surface area contributed by atoms with Gasteiger partial charge in [-0.2, -0.15) is 0 Å². The lowest BCUT2D eigenvalue weighted by Crippen LogP contribution is -2.40. The number of nitrogens with one attached hydrogen (secondary N) is 2. The van der Waals surface area contributed by atoms with Crippen molar-refractivity contribution in [3.63, 3.8) is 0 Å². The summed E-state index contributed by atoms with van der Waals surface area (Å²) in [5.41, 5.74) is 0.236. The number of hydrogen-bond donors (Lipinski definition) is 2. The van der Waals surface area contributed by atoms with Crippen molar-refractivity contribution in [1.82, 2.24) is 15.1 Å². The summed E-state index contributed by atoms with van der Waals surface area (Å²) < 4.78 is 40.0. The molecule has 166 valence electrons. The molecule has 2 heterocycles. The van der Waals surface area contributed by atoms with Gasteiger partial charge in [0.15, 0.2) is 0 Å². The van der Waals surface area contributed by atoms with Gasteiger partial charge in [0.1, 0.15) is 22.5 Å². The third-order valence-corrected chi connectivity index (χ3v) is 6.11. The number of piperidine rings is 1. The third-order valence-electron chi connectivity index (χ3n) is 5.02. The van der Waals surface area contributed by atoms with E-state index in [1.165, 1.54) is 29.2 Å². The zero-order valence-corrected chi connectivity index (χ0v) is 17.5. The molecule has 1 aromatic heterocycles. The van der Waals surface area contributed by atoms with Crippen LogP contribution in [-0.4, -0.2) is 40.1 Å². The average molecular weight is 461 g/mol. The molecular weight excluding hydrogens is 443 g/mol. The highest BCUT2D eigenvalue weighted by Gasteiger charge is 2.27. The van der Waals surface area contributed by atoms with E-state index in [4.69, 9.17) is 0 Å². The molecule has 11 heteroatoms. The van der Waals surface area contributed by atoms with Crippen LogP contribution in [-0.2, 0) is 0 Å². The first kappa shape index (κ1) is 21.8. The molecule has 0 aliphatic carbocycles. The van der Waals surface area contributed by atoms with E-state index >= 15 is 0 Å². The van der Waals surface area contributed by atoms with Crippen LogP contribution < -0.4 is 10.6 Å². The quantitative estimate of drug-likeness (QED) is 0.594. The smallest absolute Gasteiger partial charge is 0.321 e. The summed E-state index contributed by atoms with van der Waals surface area (Å²) in [6.45, 7) is 0.813. The molecule has 0 unspecified atom stereocenters. The first-order chi connectivity index (χ1) is 15.4. The maximum Gasteiger partial charge on any atom is 0.321 e. The van der Waals surface area contributed by atoms with Gasteiger partial charge in [-0.3, -0.25) is 4.79 Å². The molecule has 0 atom stereocenters. The Balaban J connectivity index is 1.32. The van der Waals surface area contributed by atoms with Crippen molar-refractivity contribution >= 4 is 34.6 Å². The van der Waals surface area contributed by atoms with Gasteiger partial charge in [-0.1, -0.05) is 17.4 Å². The standard InChI is InChI=1S/C21H18F3N5O2S/c22-13-2-1-3-15(10-13)25-18(30)20-28-27-19(32-20)12-6-8-29(9-7-12)21(31)26-17-5-4-14(23)11-16(17)24/h1-5,10-12H,6-9H2,(H,25,30)(H,26,31). The summed E-state index contributed by atoms with van der Waals surface area (Å²) in [5, 5.41) is 13.9. The molecule has 4 rings (SSSR count). The highest BCUT2D eigenvalue weighted by molar-refractivity contribution is 7.13. The second-order valence-corrected chi connectivity index (χ2v) is 8.23. The lowest BCUT2D eigenvalue weighted by Gasteiger charge is -2.31. The first-order valence-electron chi connectivity index (χ1n) is 9.80. The molecule has 32 heavy (non-hydrogen) atoms. The molecule has 7 nitrogen and oxygen atoms in total. The van der Waals surface area contributed by atoms with Gasteiger partial charge in [0.2, 0.25) is 5.01 Å². The van der Waals surface area contributed by atoms with Gasteiger partial charge >= 0.3 is 6.03 Å². The fourth-order valence-corrected chi connectivity index (χ4v) is 4.26. The van der Waals surface area contributed by atoms with Crippen LogP contribution in [0.1, 0.15) is 33.6 Å². The number of benzene rings is 2. The van der Waals surface area contributed by atoms with E-state index in [9.17, 15) is 22.8 Å². The number of aromatic nitrogens is 2. The van der Waals surface area contributed by atoms with Crippen molar-refractivity contribution in [2.45, 2.75) is 18.8 Å². The predicted molar refractivity (Wildman–Crippen MR) is 113 cm³/mol. The van der Waals surface area contributed by atoms with Gasteiger partial charge in [0.25, 0.3) is 5.91 Å². The second-order valence-electron chi connectivity index (χ2n) is 7.23. The number of rotatable bonds is 4. The van der Waals surface area contributed by atoms with E-state index in [1.807, 2.05) is 0 Å². The number of likely N-dealkylation sites (tertiary alicyclic amines) is 1. The number of amides is 3. The average Bonchev–Trinajstić information content (AvgIpc) is 3.26. The molecule has 1 fully saturated rings. The fourth-order valence-electron chi connectivity index (χ4n) is 3.36. The minimum atomic E-state index is -0.842. The Bertz CT molecular complexity index is 1150. The minimum Gasteiger partial charge on any atom is -0.324 e. The maximum atomic E-state index is 13.7. The lowest BCUT2D eigenvalue weighted by molar-refractivity contribution is 0.102. The molecule has 2 aromatic carbocycles. The summed E-state index contributed by atoms with van der Waals surface area (Å²) in [6, 6.07) is 8.03.